The summed E-state index contributed by atoms with van der Waals surface area (Å²) in [7, 11) is -4.55. The molecule has 0 amide bonds. The molecular formula is C14H18F3NO3S. The third-order valence-corrected chi connectivity index (χ3v) is 5.99. The molecule has 0 radical (unpaired) electrons. The molecule has 1 saturated carbocycles. The van der Waals surface area contributed by atoms with Crippen molar-refractivity contribution in [3.8, 4) is 0 Å². The molecule has 1 aliphatic carbocycles. The number of alkyl halides is 3. The van der Waals surface area contributed by atoms with Gasteiger partial charge in [0.1, 0.15) is 0 Å². The summed E-state index contributed by atoms with van der Waals surface area (Å²) in [6.45, 7) is 0.275. The van der Waals surface area contributed by atoms with Crippen molar-refractivity contribution in [1.29, 1.82) is 0 Å². The minimum Gasteiger partial charge on any atom is -0.387 e. The van der Waals surface area contributed by atoms with Crippen molar-refractivity contribution in [2.24, 2.45) is 0 Å². The monoisotopic (exact) mass is 337 g/mol. The molecule has 0 saturated heterocycles. The molecule has 4 nitrogen and oxygen atoms in total. The Labute approximate surface area is 127 Å². The predicted molar refractivity (Wildman–Crippen MR) is 75.6 cm³/mol. The molecule has 8 heteroatoms. The topological polar surface area (TPSA) is 57.6 Å². The highest BCUT2D eigenvalue weighted by Gasteiger charge is 2.51. The summed E-state index contributed by atoms with van der Waals surface area (Å²) in [6.07, 6.45) is -4.95. The Morgan fingerprint density at radius 1 is 1.27 bits per heavy atom. The van der Waals surface area contributed by atoms with E-state index in [9.17, 15) is 26.7 Å². The van der Waals surface area contributed by atoms with Gasteiger partial charge in [0, 0.05) is 12.6 Å². The zero-order valence-corrected chi connectivity index (χ0v) is 12.8. The average molecular weight is 337 g/mol. The Bertz CT molecular complexity index is 600. The van der Waals surface area contributed by atoms with Gasteiger partial charge in [-0.1, -0.05) is 30.3 Å². The molecule has 1 N–H and O–H groups in total. The molecule has 0 bridgehead atoms. The van der Waals surface area contributed by atoms with Crippen molar-refractivity contribution in [1.82, 2.24) is 4.31 Å². The Balaban J connectivity index is 2.20. The van der Waals surface area contributed by atoms with Gasteiger partial charge in [0.25, 0.3) is 0 Å². The van der Waals surface area contributed by atoms with Crippen LogP contribution in [0, 0.1) is 0 Å². The van der Waals surface area contributed by atoms with Crippen molar-refractivity contribution in [3.05, 3.63) is 35.9 Å². The van der Waals surface area contributed by atoms with E-state index in [0.717, 1.165) is 4.31 Å². The minimum atomic E-state index is -4.83. The van der Waals surface area contributed by atoms with Gasteiger partial charge in [0.05, 0.1) is 6.10 Å². The van der Waals surface area contributed by atoms with E-state index in [1.54, 1.807) is 30.3 Å². The summed E-state index contributed by atoms with van der Waals surface area (Å²) in [5, 5.41) is 7.65. The van der Waals surface area contributed by atoms with Crippen LogP contribution < -0.4 is 0 Å². The highest BCUT2D eigenvalue weighted by Crippen LogP contribution is 2.36. The number of aliphatic hydroxyl groups excluding tert-OH is 1. The van der Waals surface area contributed by atoms with E-state index in [-0.39, 0.29) is 6.54 Å². The van der Waals surface area contributed by atoms with Gasteiger partial charge < -0.3 is 5.11 Å². The van der Waals surface area contributed by atoms with Crippen LogP contribution in [0.15, 0.2) is 30.3 Å². The van der Waals surface area contributed by atoms with Gasteiger partial charge in [0.15, 0.2) is 5.25 Å². The Kier molecular flexibility index (Phi) is 4.84. The van der Waals surface area contributed by atoms with Gasteiger partial charge in [0.2, 0.25) is 10.0 Å². The maximum Gasteiger partial charge on any atom is 0.406 e. The molecule has 22 heavy (non-hydrogen) atoms. The van der Waals surface area contributed by atoms with E-state index >= 15 is 0 Å². The molecule has 124 valence electrons. The maximum atomic E-state index is 12.8. The molecule has 2 atom stereocenters. The molecular weight excluding hydrogens is 319 g/mol. The van der Waals surface area contributed by atoms with Gasteiger partial charge in [-0.05, 0) is 25.3 Å². The highest BCUT2D eigenvalue weighted by molar-refractivity contribution is 7.89. The van der Waals surface area contributed by atoms with Gasteiger partial charge in [-0.3, -0.25) is 0 Å². The molecule has 2 unspecified atom stereocenters. The number of benzene rings is 1. The number of hydrogen-bond donors (Lipinski definition) is 1. The Morgan fingerprint density at radius 3 is 2.27 bits per heavy atom. The lowest BCUT2D eigenvalue weighted by atomic mass is 10.1. The largest absolute Gasteiger partial charge is 0.406 e. The fraction of sp³-hybridized carbons (Fsp3) is 0.571. The predicted octanol–water partition coefficient (Wildman–Crippen LogP) is 2.47. The molecule has 1 fully saturated rings. The maximum absolute atomic E-state index is 12.8. The van der Waals surface area contributed by atoms with E-state index in [1.807, 2.05) is 0 Å². The van der Waals surface area contributed by atoms with E-state index in [1.165, 1.54) is 0 Å². The Morgan fingerprint density at radius 2 is 1.82 bits per heavy atom. The van der Waals surface area contributed by atoms with Crippen molar-refractivity contribution in [2.75, 3.05) is 6.54 Å². The van der Waals surface area contributed by atoms with Crippen LogP contribution in [0.1, 0.15) is 31.4 Å². The zero-order chi connectivity index (χ0) is 16.5. The normalized spacial score (nSPS) is 19.2. The molecule has 2 rings (SSSR count). The standard InChI is InChI=1S/C14H18F3NO3S/c1-10(14(15,16)17)22(20,21)18(12-7-8-12)9-13(19)11-5-3-2-4-6-11/h2-6,10,12-13,19H,7-9H2,1H3. The molecule has 1 aromatic rings. The second-order valence-electron chi connectivity index (χ2n) is 5.46. The fourth-order valence-electron chi connectivity index (χ4n) is 2.15. The lowest BCUT2D eigenvalue weighted by molar-refractivity contribution is -0.127. The number of aliphatic hydroxyl groups is 1. The van der Waals surface area contributed by atoms with Crippen LogP contribution in [-0.2, 0) is 10.0 Å². The van der Waals surface area contributed by atoms with Gasteiger partial charge in [-0.25, -0.2) is 8.42 Å². The lowest BCUT2D eigenvalue weighted by Crippen LogP contribution is -2.46. The van der Waals surface area contributed by atoms with Crippen LogP contribution in [0.2, 0.25) is 0 Å². The zero-order valence-electron chi connectivity index (χ0n) is 12.0. The SMILES string of the molecule is CC(C(F)(F)F)S(=O)(=O)N(CC(O)c1ccccc1)C1CC1. The quantitative estimate of drug-likeness (QED) is 0.867. The summed E-state index contributed by atoms with van der Waals surface area (Å²) in [5.74, 6) is 0. The Hall–Kier alpha value is -1.12. The van der Waals surface area contributed by atoms with Crippen molar-refractivity contribution in [2.45, 2.75) is 43.3 Å². The number of nitrogens with zero attached hydrogens (tertiary/aromatic N) is 1. The first-order valence-electron chi connectivity index (χ1n) is 6.94. The number of rotatable bonds is 6. The number of halogens is 3. The first-order chi connectivity index (χ1) is 10.1. The number of sulfonamides is 1. The summed E-state index contributed by atoms with van der Waals surface area (Å²) in [5.41, 5.74) is 0.475. The second kappa shape index (κ2) is 6.17. The molecule has 1 aromatic carbocycles. The summed E-state index contributed by atoms with van der Waals surface area (Å²) in [6, 6.07) is 7.84. The third kappa shape index (κ3) is 3.80. The van der Waals surface area contributed by atoms with E-state index in [0.29, 0.717) is 25.3 Å². The number of hydrogen-bond acceptors (Lipinski definition) is 3. The van der Waals surface area contributed by atoms with Crippen LogP contribution in [0.4, 0.5) is 13.2 Å². The van der Waals surface area contributed by atoms with Gasteiger partial charge in [-0.2, -0.15) is 17.5 Å². The van der Waals surface area contributed by atoms with Crippen LogP contribution >= 0.6 is 0 Å². The van der Waals surface area contributed by atoms with E-state index < -0.39 is 33.6 Å². The fourth-order valence-corrected chi connectivity index (χ4v) is 3.87. The molecule has 0 aliphatic heterocycles. The van der Waals surface area contributed by atoms with Crippen LogP contribution in [0.5, 0.6) is 0 Å². The first-order valence-corrected chi connectivity index (χ1v) is 8.44. The summed E-state index contributed by atoms with van der Waals surface area (Å²) in [4.78, 5) is 0. The molecule has 0 heterocycles. The van der Waals surface area contributed by atoms with Crippen molar-refractivity contribution < 1.29 is 26.7 Å². The van der Waals surface area contributed by atoms with E-state index in [2.05, 4.69) is 0 Å². The second-order valence-corrected chi connectivity index (χ2v) is 7.66. The van der Waals surface area contributed by atoms with E-state index in [4.69, 9.17) is 0 Å². The average Bonchev–Trinajstić information content (AvgIpc) is 3.27. The van der Waals surface area contributed by atoms with Crippen molar-refractivity contribution in [3.63, 3.8) is 0 Å². The third-order valence-electron chi connectivity index (χ3n) is 3.73. The van der Waals surface area contributed by atoms with Gasteiger partial charge >= 0.3 is 6.18 Å². The molecule has 1 aliphatic rings. The molecule has 0 aromatic heterocycles. The highest BCUT2D eigenvalue weighted by atomic mass is 32.2. The van der Waals surface area contributed by atoms with Crippen LogP contribution in [-0.4, -0.2) is 41.8 Å². The summed E-state index contributed by atoms with van der Waals surface area (Å²) < 4.78 is 63.6. The summed E-state index contributed by atoms with van der Waals surface area (Å²) >= 11 is 0. The smallest absolute Gasteiger partial charge is 0.387 e. The van der Waals surface area contributed by atoms with Crippen LogP contribution in [0.3, 0.4) is 0 Å². The van der Waals surface area contributed by atoms with Crippen LogP contribution in [0.25, 0.3) is 0 Å². The van der Waals surface area contributed by atoms with Gasteiger partial charge in [-0.15, -0.1) is 0 Å². The van der Waals surface area contributed by atoms with Crippen molar-refractivity contribution >= 4 is 10.0 Å². The first kappa shape index (κ1) is 17.2. The molecule has 0 spiro atoms. The lowest BCUT2D eigenvalue weighted by Gasteiger charge is -2.28. The minimum absolute atomic E-state index is 0.364.